The van der Waals surface area contributed by atoms with E-state index in [0.29, 0.717) is 19.2 Å². The van der Waals surface area contributed by atoms with Crippen molar-refractivity contribution in [2.75, 3.05) is 26.3 Å². The van der Waals surface area contributed by atoms with Gasteiger partial charge in [0.05, 0.1) is 6.61 Å². The normalized spacial score (nSPS) is 30.2. The molecule has 108 valence electrons. The predicted octanol–water partition coefficient (Wildman–Crippen LogP) is 2.39. The molecule has 3 rings (SSSR count). The lowest BCUT2D eigenvalue weighted by Gasteiger charge is -2.37. The van der Waals surface area contributed by atoms with Crippen molar-refractivity contribution < 1.29 is 9.53 Å². The Morgan fingerprint density at radius 1 is 1.16 bits per heavy atom. The van der Waals surface area contributed by atoms with Crippen molar-refractivity contribution in [2.24, 2.45) is 11.8 Å². The first-order valence-corrected chi connectivity index (χ1v) is 7.97. The monoisotopic (exact) mass is 266 g/mol. The molecule has 4 nitrogen and oxygen atoms in total. The first-order valence-electron chi connectivity index (χ1n) is 7.97. The van der Waals surface area contributed by atoms with Gasteiger partial charge in [-0.3, -0.25) is 0 Å². The van der Waals surface area contributed by atoms with Crippen molar-refractivity contribution in [3.05, 3.63) is 0 Å². The number of piperidine rings is 1. The van der Waals surface area contributed by atoms with Gasteiger partial charge in [-0.25, -0.2) is 4.79 Å². The van der Waals surface area contributed by atoms with Crippen LogP contribution in [0.5, 0.6) is 0 Å². The number of hydrogen-bond donors (Lipinski definition) is 1. The fraction of sp³-hybridized carbons (Fsp3) is 0.933. The molecular formula is C15H26N2O2. The number of ether oxygens (including phenoxy) is 1. The molecule has 0 bridgehead atoms. The summed E-state index contributed by atoms with van der Waals surface area (Å²) in [6.45, 7) is 3.13. The summed E-state index contributed by atoms with van der Waals surface area (Å²) in [5, 5.41) is 3.02. The van der Waals surface area contributed by atoms with Gasteiger partial charge >= 0.3 is 6.03 Å². The van der Waals surface area contributed by atoms with Gasteiger partial charge in [-0.15, -0.1) is 0 Å². The molecular weight excluding hydrogens is 240 g/mol. The summed E-state index contributed by atoms with van der Waals surface area (Å²) in [4.78, 5) is 14.3. The molecule has 0 radical (unpaired) electrons. The van der Waals surface area contributed by atoms with Gasteiger partial charge in [-0.1, -0.05) is 6.42 Å². The first-order chi connectivity index (χ1) is 9.34. The summed E-state index contributed by atoms with van der Waals surface area (Å²) in [7, 11) is 0. The van der Waals surface area contributed by atoms with Crippen molar-refractivity contribution in [3.8, 4) is 0 Å². The third kappa shape index (κ3) is 3.41. The quantitative estimate of drug-likeness (QED) is 0.776. The van der Waals surface area contributed by atoms with Gasteiger partial charge in [0.15, 0.2) is 0 Å². The Hall–Kier alpha value is -0.770. The Morgan fingerprint density at radius 3 is 2.84 bits per heavy atom. The molecule has 1 saturated heterocycles. The topological polar surface area (TPSA) is 41.6 Å². The lowest BCUT2D eigenvalue weighted by Crippen LogP contribution is -2.51. The minimum absolute atomic E-state index is 0.131. The fourth-order valence-corrected chi connectivity index (χ4v) is 3.57. The second-order valence-electron chi connectivity index (χ2n) is 6.34. The lowest BCUT2D eigenvalue weighted by atomic mass is 9.92. The van der Waals surface area contributed by atoms with Crippen LogP contribution in [0.1, 0.15) is 44.9 Å². The summed E-state index contributed by atoms with van der Waals surface area (Å²) >= 11 is 0. The van der Waals surface area contributed by atoms with Gasteiger partial charge in [0.25, 0.3) is 0 Å². The van der Waals surface area contributed by atoms with Crippen LogP contribution in [0.3, 0.4) is 0 Å². The molecule has 2 saturated carbocycles. The molecule has 1 heterocycles. The summed E-state index contributed by atoms with van der Waals surface area (Å²) < 4.78 is 5.55. The highest BCUT2D eigenvalue weighted by molar-refractivity contribution is 5.74. The lowest BCUT2D eigenvalue weighted by molar-refractivity contribution is 0.112. The molecule has 0 aromatic rings. The fourth-order valence-electron chi connectivity index (χ4n) is 3.57. The standard InChI is InChI=1S/C15H26N2O2/c18-15(16-8-10-19-11-12-6-7-12)17-9-2-4-13-3-1-5-14(13)17/h12-14H,1-11H2,(H,16,18)/t13-,14-/m1/s1. The molecule has 0 unspecified atom stereocenters. The molecule has 3 fully saturated rings. The highest BCUT2D eigenvalue weighted by atomic mass is 16.5. The van der Waals surface area contributed by atoms with E-state index in [-0.39, 0.29) is 6.03 Å². The number of fused-ring (bicyclic) bond motifs is 1. The predicted molar refractivity (Wildman–Crippen MR) is 74.0 cm³/mol. The Balaban J connectivity index is 1.36. The van der Waals surface area contributed by atoms with Gasteiger partial charge in [0, 0.05) is 25.7 Å². The number of nitrogens with one attached hydrogen (secondary N) is 1. The van der Waals surface area contributed by atoms with Crippen LogP contribution < -0.4 is 5.32 Å². The second kappa shape index (κ2) is 6.12. The molecule has 1 N–H and O–H groups in total. The Kier molecular flexibility index (Phi) is 4.26. The van der Waals surface area contributed by atoms with Gasteiger partial charge in [0.2, 0.25) is 0 Å². The van der Waals surface area contributed by atoms with E-state index in [9.17, 15) is 4.79 Å². The molecule has 3 aliphatic rings. The van der Waals surface area contributed by atoms with Crippen LogP contribution in [-0.4, -0.2) is 43.3 Å². The van der Waals surface area contributed by atoms with Crippen LogP contribution in [0.25, 0.3) is 0 Å². The van der Waals surface area contributed by atoms with E-state index < -0.39 is 0 Å². The zero-order chi connectivity index (χ0) is 13.1. The maximum Gasteiger partial charge on any atom is 0.317 e. The minimum atomic E-state index is 0.131. The second-order valence-corrected chi connectivity index (χ2v) is 6.34. The minimum Gasteiger partial charge on any atom is -0.379 e. The van der Waals surface area contributed by atoms with Crippen molar-refractivity contribution in [2.45, 2.75) is 51.0 Å². The van der Waals surface area contributed by atoms with Crippen molar-refractivity contribution >= 4 is 6.03 Å². The summed E-state index contributed by atoms with van der Waals surface area (Å²) in [6, 6.07) is 0.646. The maximum absolute atomic E-state index is 12.2. The third-order valence-electron chi connectivity index (χ3n) is 4.83. The van der Waals surface area contributed by atoms with Gasteiger partial charge in [-0.2, -0.15) is 0 Å². The first kappa shape index (κ1) is 13.2. The van der Waals surface area contributed by atoms with Crippen molar-refractivity contribution in [1.82, 2.24) is 10.2 Å². The molecule has 2 aliphatic carbocycles. The Morgan fingerprint density at radius 2 is 2.00 bits per heavy atom. The van der Waals surface area contributed by atoms with Crippen LogP contribution in [0, 0.1) is 11.8 Å². The largest absolute Gasteiger partial charge is 0.379 e. The van der Waals surface area contributed by atoms with E-state index in [1.165, 1.54) is 44.9 Å². The van der Waals surface area contributed by atoms with Crippen LogP contribution in [0.15, 0.2) is 0 Å². The summed E-state index contributed by atoms with van der Waals surface area (Å²) in [5.74, 6) is 1.57. The van der Waals surface area contributed by atoms with Crippen LogP contribution >= 0.6 is 0 Å². The van der Waals surface area contributed by atoms with E-state index in [2.05, 4.69) is 10.2 Å². The molecule has 0 spiro atoms. The van der Waals surface area contributed by atoms with E-state index in [1.54, 1.807) is 0 Å². The number of urea groups is 1. The van der Waals surface area contributed by atoms with Gasteiger partial charge in [-0.05, 0) is 50.4 Å². The number of amides is 2. The van der Waals surface area contributed by atoms with Crippen LogP contribution in [0.4, 0.5) is 4.79 Å². The number of carbonyl (C=O) groups is 1. The highest BCUT2D eigenvalue weighted by Crippen LogP contribution is 2.36. The Bertz CT molecular complexity index is 317. The van der Waals surface area contributed by atoms with E-state index in [1.807, 2.05) is 0 Å². The van der Waals surface area contributed by atoms with Gasteiger partial charge < -0.3 is 15.0 Å². The number of likely N-dealkylation sites (tertiary alicyclic amines) is 1. The van der Waals surface area contributed by atoms with Crippen LogP contribution in [-0.2, 0) is 4.74 Å². The molecule has 1 aliphatic heterocycles. The highest BCUT2D eigenvalue weighted by Gasteiger charge is 2.37. The maximum atomic E-state index is 12.2. The average Bonchev–Trinajstić information content (AvgIpc) is 3.12. The molecule has 0 aromatic carbocycles. The summed E-state index contributed by atoms with van der Waals surface area (Å²) in [6.07, 6.45) is 8.96. The molecule has 19 heavy (non-hydrogen) atoms. The van der Waals surface area contributed by atoms with Crippen molar-refractivity contribution in [1.29, 1.82) is 0 Å². The smallest absolute Gasteiger partial charge is 0.317 e. The number of nitrogens with zero attached hydrogens (tertiary/aromatic N) is 1. The van der Waals surface area contributed by atoms with E-state index >= 15 is 0 Å². The van der Waals surface area contributed by atoms with Crippen LogP contribution in [0.2, 0.25) is 0 Å². The number of rotatable bonds is 5. The molecule has 4 heteroatoms. The molecule has 2 amide bonds. The number of hydrogen-bond acceptors (Lipinski definition) is 2. The zero-order valence-electron chi connectivity index (χ0n) is 11.8. The zero-order valence-corrected chi connectivity index (χ0v) is 11.8. The van der Waals surface area contributed by atoms with Gasteiger partial charge in [0.1, 0.15) is 0 Å². The Labute approximate surface area is 115 Å². The SMILES string of the molecule is O=C(NCCOCC1CC1)N1CCC[C@H]2CCC[C@H]21. The third-order valence-corrected chi connectivity index (χ3v) is 4.83. The number of carbonyl (C=O) groups excluding carboxylic acids is 1. The van der Waals surface area contributed by atoms with E-state index in [4.69, 9.17) is 4.74 Å². The molecule has 2 atom stereocenters. The molecule has 0 aromatic heterocycles. The van der Waals surface area contributed by atoms with Crippen molar-refractivity contribution in [3.63, 3.8) is 0 Å². The average molecular weight is 266 g/mol. The summed E-state index contributed by atoms with van der Waals surface area (Å²) in [5.41, 5.74) is 0. The van der Waals surface area contributed by atoms with E-state index in [0.717, 1.165) is 25.0 Å².